The van der Waals surface area contributed by atoms with E-state index in [9.17, 15) is 4.79 Å². The molecule has 0 radical (unpaired) electrons. The van der Waals surface area contributed by atoms with Gasteiger partial charge >= 0.3 is 5.97 Å². The van der Waals surface area contributed by atoms with Crippen LogP contribution in [0.5, 0.6) is 0 Å². The first kappa shape index (κ1) is 14.6. The van der Waals surface area contributed by atoms with E-state index in [1.807, 2.05) is 0 Å². The van der Waals surface area contributed by atoms with E-state index in [4.69, 9.17) is 27.9 Å². The van der Waals surface area contributed by atoms with Gasteiger partial charge in [-0.15, -0.1) is 0 Å². The van der Waals surface area contributed by atoms with Crippen LogP contribution in [-0.2, 0) is 16.1 Å². The summed E-state index contributed by atoms with van der Waals surface area (Å²) in [4.78, 5) is 18.0. The summed E-state index contributed by atoms with van der Waals surface area (Å²) in [7, 11) is 1.42. The van der Waals surface area contributed by atoms with E-state index in [-0.39, 0.29) is 17.8 Å². The lowest BCUT2D eigenvalue weighted by Crippen LogP contribution is -2.24. The van der Waals surface area contributed by atoms with Gasteiger partial charge in [-0.1, -0.05) is 30.1 Å². The average molecular weight is 303 g/mol. The monoisotopic (exact) mass is 302 g/mol. The van der Waals surface area contributed by atoms with E-state index in [1.165, 1.54) is 7.11 Å². The Hall–Kier alpha value is -0.840. The SMILES string of the molecule is COC(=O)C1CN(Cc2nc(Cl)ccc2Cl)CC1C. The highest BCUT2D eigenvalue weighted by atomic mass is 35.5. The zero-order valence-electron chi connectivity index (χ0n) is 10.9. The molecule has 0 bridgehead atoms. The molecule has 0 spiro atoms. The van der Waals surface area contributed by atoms with Crippen molar-refractivity contribution >= 4 is 29.2 Å². The molecule has 4 nitrogen and oxygen atoms in total. The van der Waals surface area contributed by atoms with Crippen molar-refractivity contribution in [3.05, 3.63) is 28.0 Å². The molecule has 0 amide bonds. The van der Waals surface area contributed by atoms with E-state index >= 15 is 0 Å². The highest BCUT2D eigenvalue weighted by Gasteiger charge is 2.35. The van der Waals surface area contributed by atoms with Crippen LogP contribution in [0.25, 0.3) is 0 Å². The second-order valence-corrected chi connectivity index (χ2v) is 5.66. The summed E-state index contributed by atoms with van der Waals surface area (Å²) in [5, 5.41) is 1.02. The van der Waals surface area contributed by atoms with Crippen molar-refractivity contribution in [1.82, 2.24) is 9.88 Å². The maximum absolute atomic E-state index is 11.6. The molecular formula is C13H16Cl2N2O2. The zero-order chi connectivity index (χ0) is 14.0. The van der Waals surface area contributed by atoms with Crippen molar-refractivity contribution in [1.29, 1.82) is 0 Å². The van der Waals surface area contributed by atoms with Crippen molar-refractivity contribution in [2.75, 3.05) is 20.2 Å². The smallest absolute Gasteiger partial charge is 0.310 e. The Bertz CT molecular complexity index is 482. The zero-order valence-corrected chi connectivity index (χ0v) is 12.4. The van der Waals surface area contributed by atoms with Crippen LogP contribution in [0.3, 0.4) is 0 Å². The first-order chi connectivity index (χ1) is 9.01. The first-order valence-corrected chi connectivity index (χ1v) is 6.88. The normalized spacial score (nSPS) is 23.6. The van der Waals surface area contributed by atoms with Gasteiger partial charge in [-0.25, -0.2) is 4.98 Å². The van der Waals surface area contributed by atoms with Crippen LogP contribution in [0.1, 0.15) is 12.6 Å². The van der Waals surface area contributed by atoms with Gasteiger partial charge in [0.1, 0.15) is 5.15 Å². The topological polar surface area (TPSA) is 42.4 Å². The van der Waals surface area contributed by atoms with Crippen LogP contribution in [0.15, 0.2) is 12.1 Å². The largest absolute Gasteiger partial charge is 0.469 e. The Balaban J connectivity index is 2.05. The predicted molar refractivity (Wildman–Crippen MR) is 74.2 cm³/mol. The van der Waals surface area contributed by atoms with E-state index in [0.717, 1.165) is 12.2 Å². The molecule has 0 saturated carbocycles. The number of hydrogen-bond donors (Lipinski definition) is 0. The molecule has 1 saturated heterocycles. The molecule has 2 unspecified atom stereocenters. The number of ether oxygens (including phenoxy) is 1. The molecule has 0 N–H and O–H groups in total. The van der Waals surface area contributed by atoms with Crippen LogP contribution in [-0.4, -0.2) is 36.1 Å². The second kappa shape index (κ2) is 6.07. The van der Waals surface area contributed by atoms with Gasteiger partial charge in [-0.2, -0.15) is 0 Å². The summed E-state index contributed by atoms with van der Waals surface area (Å²) < 4.78 is 4.82. The highest BCUT2D eigenvalue weighted by molar-refractivity contribution is 6.32. The quantitative estimate of drug-likeness (QED) is 0.636. The molecule has 1 aliphatic heterocycles. The van der Waals surface area contributed by atoms with E-state index in [2.05, 4.69) is 16.8 Å². The predicted octanol–water partition coefficient (Wildman–Crippen LogP) is 2.63. The van der Waals surface area contributed by atoms with Gasteiger partial charge in [0, 0.05) is 19.6 Å². The van der Waals surface area contributed by atoms with Gasteiger partial charge in [-0.05, 0) is 18.1 Å². The number of hydrogen-bond acceptors (Lipinski definition) is 4. The Morgan fingerprint density at radius 1 is 1.47 bits per heavy atom. The molecule has 0 aliphatic carbocycles. The van der Waals surface area contributed by atoms with Gasteiger partial charge in [0.15, 0.2) is 0 Å². The summed E-state index contributed by atoms with van der Waals surface area (Å²) in [6.45, 7) is 4.13. The standard InChI is InChI=1S/C13H16Cl2N2O2/c1-8-5-17(6-9(8)13(18)19-2)7-11-10(14)3-4-12(15)16-11/h3-4,8-9H,5-7H2,1-2H3. The lowest BCUT2D eigenvalue weighted by atomic mass is 9.99. The number of likely N-dealkylation sites (tertiary alicyclic amines) is 1. The third kappa shape index (κ3) is 3.38. The summed E-state index contributed by atoms with van der Waals surface area (Å²) in [6.07, 6.45) is 0. The minimum atomic E-state index is -0.153. The Morgan fingerprint density at radius 3 is 2.89 bits per heavy atom. The maximum Gasteiger partial charge on any atom is 0.310 e. The summed E-state index contributed by atoms with van der Waals surface area (Å²) in [5.74, 6) is 0.0357. The molecule has 2 atom stereocenters. The molecule has 1 fully saturated rings. The number of nitrogens with zero attached hydrogens (tertiary/aromatic N) is 2. The average Bonchev–Trinajstić information content (AvgIpc) is 2.74. The maximum atomic E-state index is 11.6. The van der Waals surface area contributed by atoms with Crippen LogP contribution in [0.4, 0.5) is 0 Å². The third-order valence-electron chi connectivity index (χ3n) is 3.45. The van der Waals surface area contributed by atoms with E-state index in [0.29, 0.717) is 23.3 Å². The van der Waals surface area contributed by atoms with Gasteiger partial charge in [0.05, 0.1) is 23.7 Å². The molecule has 0 aromatic carbocycles. The fourth-order valence-corrected chi connectivity index (χ4v) is 2.76. The van der Waals surface area contributed by atoms with Crippen LogP contribution < -0.4 is 0 Å². The van der Waals surface area contributed by atoms with Crippen LogP contribution in [0, 0.1) is 11.8 Å². The third-order valence-corrected chi connectivity index (χ3v) is 4.00. The molecule has 1 aromatic heterocycles. The minimum Gasteiger partial charge on any atom is -0.469 e. The van der Waals surface area contributed by atoms with Crippen molar-refractivity contribution in [2.45, 2.75) is 13.5 Å². The molecule has 1 aromatic rings. The second-order valence-electron chi connectivity index (χ2n) is 4.86. The number of carbonyl (C=O) groups is 1. The molecule has 2 heterocycles. The molecule has 6 heteroatoms. The Morgan fingerprint density at radius 2 is 2.21 bits per heavy atom. The molecule has 104 valence electrons. The van der Waals surface area contributed by atoms with Gasteiger partial charge < -0.3 is 4.74 Å². The number of pyridine rings is 1. The van der Waals surface area contributed by atoms with E-state index < -0.39 is 0 Å². The Kier molecular flexibility index (Phi) is 4.66. The molecule has 2 rings (SSSR count). The van der Waals surface area contributed by atoms with Crippen molar-refractivity contribution in [2.24, 2.45) is 11.8 Å². The summed E-state index contributed by atoms with van der Waals surface area (Å²) in [6, 6.07) is 3.40. The number of rotatable bonds is 3. The van der Waals surface area contributed by atoms with Gasteiger partial charge in [0.2, 0.25) is 0 Å². The molecular weight excluding hydrogens is 287 g/mol. The van der Waals surface area contributed by atoms with Crippen LogP contribution >= 0.6 is 23.2 Å². The number of halogens is 2. The number of aromatic nitrogens is 1. The number of carbonyl (C=O) groups excluding carboxylic acids is 1. The van der Waals surface area contributed by atoms with Crippen LogP contribution in [0.2, 0.25) is 10.2 Å². The van der Waals surface area contributed by atoms with E-state index in [1.54, 1.807) is 12.1 Å². The summed E-state index contributed by atoms with van der Waals surface area (Å²) >= 11 is 12.0. The summed E-state index contributed by atoms with van der Waals surface area (Å²) in [5.41, 5.74) is 0.742. The fraction of sp³-hybridized carbons (Fsp3) is 0.538. The van der Waals surface area contributed by atoms with Crippen molar-refractivity contribution in [3.63, 3.8) is 0 Å². The van der Waals surface area contributed by atoms with Gasteiger partial charge in [-0.3, -0.25) is 9.69 Å². The lowest BCUT2D eigenvalue weighted by Gasteiger charge is -2.15. The fourth-order valence-electron chi connectivity index (χ4n) is 2.43. The number of methoxy groups -OCH3 is 1. The number of esters is 1. The molecule has 19 heavy (non-hydrogen) atoms. The van der Waals surface area contributed by atoms with Crippen molar-refractivity contribution < 1.29 is 9.53 Å². The first-order valence-electron chi connectivity index (χ1n) is 6.12. The Labute approximate surface area is 122 Å². The van der Waals surface area contributed by atoms with Gasteiger partial charge in [0.25, 0.3) is 0 Å². The van der Waals surface area contributed by atoms with Crippen molar-refractivity contribution in [3.8, 4) is 0 Å². The minimum absolute atomic E-state index is 0.0806. The molecule has 1 aliphatic rings. The highest BCUT2D eigenvalue weighted by Crippen LogP contribution is 2.27. The lowest BCUT2D eigenvalue weighted by molar-refractivity contribution is -0.146.